The highest BCUT2D eigenvalue weighted by Crippen LogP contribution is 2.34. The maximum Gasteiger partial charge on any atom is 0.309 e. The molecule has 0 saturated heterocycles. The minimum Gasteiger partial charge on any atom is -0.362 e. The van der Waals surface area contributed by atoms with Crippen LogP contribution >= 0.6 is 0 Å². The van der Waals surface area contributed by atoms with E-state index >= 15 is 0 Å². The Kier molecular flexibility index (Phi) is 6.26. The van der Waals surface area contributed by atoms with E-state index in [9.17, 15) is 9.59 Å². The van der Waals surface area contributed by atoms with Crippen LogP contribution in [-0.4, -0.2) is 29.9 Å². The summed E-state index contributed by atoms with van der Waals surface area (Å²) in [6, 6.07) is 21.4. The second kappa shape index (κ2) is 9.43. The third-order valence-electron chi connectivity index (χ3n) is 5.68. The van der Waals surface area contributed by atoms with Gasteiger partial charge in [0.15, 0.2) is 0 Å². The van der Waals surface area contributed by atoms with Crippen LogP contribution in [0.15, 0.2) is 79.1 Å². The van der Waals surface area contributed by atoms with Crippen LogP contribution in [-0.2, 0) is 16.0 Å². The fraction of sp³-hybridized carbons (Fsp3) is 0.240. The number of benzene rings is 2. The largest absolute Gasteiger partial charge is 0.362 e. The Morgan fingerprint density at radius 1 is 0.968 bits per heavy atom. The first kappa shape index (κ1) is 20.6. The standard InChI is InChI=1S/C25H26N4O2/c1-18(19-8-3-2-4-9-19)28-25(31)24(30)27-17-23(21-11-7-14-26-16-21)29-15-13-20-10-5-6-12-22(20)29/h2-12,14,16,18,23H,13,15,17H2,1H3,(H,27,30)(H,28,31)/t18-,23-/m0/s1. The molecule has 1 aromatic heterocycles. The molecule has 2 N–H and O–H groups in total. The number of carbonyl (C=O) groups excluding carboxylic acids is 2. The minimum absolute atomic E-state index is 0.111. The molecular weight excluding hydrogens is 388 g/mol. The number of nitrogens with zero attached hydrogens (tertiary/aromatic N) is 2. The smallest absolute Gasteiger partial charge is 0.309 e. The summed E-state index contributed by atoms with van der Waals surface area (Å²) >= 11 is 0. The highest BCUT2D eigenvalue weighted by Gasteiger charge is 2.28. The number of fused-ring (bicyclic) bond motifs is 1. The van der Waals surface area contributed by atoms with Gasteiger partial charge < -0.3 is 15.5 Å². The van der Waals surface area contributed by atoms with Gasteiger partial charge in [-0.25, -0.2) is 0 Å². The van der Waals surface area contributed by atoms with Crippen molar-refractivity contribution >= 4 is 17.5 Å². The van der Waals surface area contributed by atoms with Crippen LogP contribution in [0.5, 0.6) is 0 Å². The van der Waals surface area contributed by atoms with E-state index in [1.807, 2.05) is 67.7 Å². The average Bonchev–Trinajstić information content (AvgIpc) is 3.24. The zero-order valence-electron chi connectivity index (χ0n) is 17.5. The van der Waals surface area contributed by atoms with Gasteiger partial charge in [0, 0.05) is 31.2 Å². The maximum atomic E-state index is 12.5. The molecule has 158 valence electrons. The second-order valence-corrected chi connectivity index (χ2v) is 7.69. The van der Waals surface area contributed by atoms with Crippen LogP contribution in [0, 0.1) is 0 Å². The molecule has 1 aliphatic heterocycles. The lowest BCUT2D eigenvalue weighted by Crippen LogP contribution is -2.44. The van der Waals surface area contributed by atoms with Gasteiger partial charge >= 0.3 is 11.8 Å². The summed E-state index contributed by atoms with van der Waals surface area (Å²) in [7, 11) is 0. The Morgan fingerprint density at radius 3 is 2.48 bits per heavy atom. The first-order valence-electron chi connectivity index (χ1n) is 10.5. The van der Waals surface area contributed by atoms with Crippen LogP contribution < -0.4 is 15.5 Å². The fourth-order valence-electron chi connectivity index (χ4n) is 4.03. The minimum atomic E-state index is -0.636. The second-order valence-electron chi connectivity index (χ2n) is 7.69. The topological polar surface area (TPSA) is 74.3 Å². The number of aromatic nitrogens is 1. The maximum absolute atomic E-state index is 12.5. The fourth-order valence-corrected chi connectivity index (χ4v) is 4.03. The monoisotopic (exact) mass is 414 g/mol. The first-order valence-corrected chi connectivity index (χ1v) is 10.5. The summed E-state index contributed by atoms with van der Waals surface area (Å²) < 4.78 is 0. The molecular formula is C25H26N4O2. The molecule has 0 bridgehead atoms. The summed E-state index contributed by atoms with van der Waals surface area (Å²) in [4.78, 5) is 31.5. The third-order valence-corrected chi connectivity index (χ3v) is 5.68. The number of carbonyl (C=O) groups is 2. The van der Waals surface area contributed by atoms with Gasteiger partial charge in [-0.3, -0.25) is 14.6 Å². The van der Waals surface area contributed by atoms with Gasteiger partial charge in [0.25, 0.3) is 0 Å². The molecule has 2 amide bonds. The molecule has 6 nitrogen and oxygen atoms in total. The Balaban J connectivity index is 1.44. The molecule has 2 heterocycles. The molecule has 3 aromatic rings. The van der Waals surface area contributed by atoms with Crippen molar-refractivity contribution in [2.45, 2.75) is 25.4 Å². The van der Waals surface area contributed by atoms with E-state index in [2.05, 4.69) is 32.7 Å². The SMILES string of the molecule is C[C@H](NC(=O)C(=O)NC[C@@H](c1cccnc1)N1CCc2ccccc21)c1ccccc1. The zero-order valence-corrected chi connectivity index (χ0v) is 17.5. The zero-order chi connectivity index (χ0) is 21.6. The molecule has 4 rings (SSSR count). The number of para-hydroxylation sites is 1. The normalized spacial score (nSPS) is 14.4. The number of rotatable bonds is 6. The summed E-state index contributed by atoms with van der Waals surface area (Å²) in [6.07, 6.45) is 4.50. The van der Waals surface area contributed by atoms with E-state index in [4.69, 9.17) is 0 Å². The number of hydrogen-bond donors (Lipinski definition) is 2. The average molecular weight is 415 g/mol. The molecule has 0 unspecified atom stereocenters. The van der Waals surface area contributed by atoms with Crippen molar-refractivity contribution in [3.63, 3.8) is 0 Å². The van der Waals surface area contributed by atoms with Crippen molar-refractivity contribution < 1.29 is 9.59 Å². The predicted octanol–water partition coefficient (Wildman–Crippen LogP) is 3.18. The Labute approximate surface area is 182 Å². The summed E-state index contributed by atoms with van der Waals surface area (Å²) in [6.45, 7) is 3.03. The van der Waals surface area contributed by atoms with Gasteiger partial charge in [0.05, 0.1) is 12.1 Å². The van der Waals surface area contributed by atoms with Crippen LogP contribution in [0.2, 0.25) is 0 Å². The Hall–Kier alpha value is -3.67. The third kappa shape index (κ3) is 4.74. The number of hydrogen-bond acceptors (Lipinski definition) is 4. The lowest BCUT2D eigenvalue weighted by Gasteiger charge is -2.31. The quantitative estimate of drug-likeness (QED) is 0.608. The van der Waals surface area contributed by atoms with Crippen LogP contribution in [0.1, 0.15) is 35.7 Å². The molecule has 31 heavy (non-hydrogen) atoms. The van der Waals surface area contributed by atoms with Crippen LogP contribution in [0.3, 0.4) is 0 Å². The van der Waals surface area contributed by atoms with Gasteiger partial charge in [-0.15, -0.1) is 0 Å². The number of pyridine rings is 1. The predicted molar refractivity (Wildman–Crippen MR) is 120 cm³/mol. The Morgan fingerprint density at radius 2 is 1.71 bits per heavy atom. The van der Waals surface area contributed by atoms with Crippen molar-refractivity contribution in [1.82, 2.24) is 15.6 Å². The molecule has 0 radical (unpaired) electrons. The van der Waals surface area contributed by atoms with Gasteiger partial charge in [-0.2, -0.15) is 0 Å². The summed E-state index contributed by atoms with van der Waals surface area (Å²) in [5.74, 6) is -1.27. The van der Waals surface area contributed by atoms with Gasteiger partial charge in [-0.05, 0) is 42.2 Å². The number of anilines is 1. The van der Waals surface area contributed by atoms with E-state index < -0.39 is 11.8 Å². The lowest BCUT2D eigenvalue weighted by molar-refractivity contribution is -0.139. The molecule has 2 aromatic carbocycles. The molecule has 0 aliphatic carbocycles. The highest BCUT2D eigenvalue weighted by molar-refractivity contribution is 6.35. The van der Waals surface area contributed by atoms with E-state index in [0.29, 0.717) is 6.54 Å². The first-order chi connectivity index (χ1) is 15.1. The van der Waals surface area contributed by atoms with Crippen LogP contribution in [0.4, 0.5) is 5.69 Å². The lowest BCUT2D eigenvalue weighted by atomic mass is 10.1. The van der Waals surface area contributed by atoms with Gasteiger partial charge in [-0.1, -0.05) is 54.6 Å². The Bertz CT molecular complexity index is 1040. The van der Waals surface area contributed by atoms with Crippen molar-refractivity contribution in [3.8, 4) is 0 Å². The van der Waals surface area contributed by atoms with Gasteiger partial charge in [0.1, 0.15) is 0 Å². The van der Waals surface area contributed by atoms with Crippen molar-refractivity contribution in [1.29, 1.82) is 0 Å². The number of amides is 2. The number of nitrogens with one attached hydrogen (secondary N) is 2. The van der Waals surface area contributed by atoms with E-state index in [0.717, 1.165) is 29.8 Å². The van der Waals surface area contributed by atoms with Crippen LogP contribution in [0.25, 0.3) is 0 Å². The molecule has 0 spiro atoms. The van der Waals surface area contributed by atoms with E-state index in [-0.39, 0.29) is 12.1 Å². The molecule has 2 atom stereocenters. The van der Waals surface area contributed by atoms with Crippen molar-refractivity contribution in [2.75, 3.05) is 18.0 Å². The molecule has 0 fully saturated rings. The van der Waals surface area contributed by atoms with Crippen molar-refractivity contribution in [2.24, 2.45) is 0 Å². The molecule has 6 heteroatoms. The van der Waals surface area contributed by atoms with E-state index in [1.165, 1.54) is 5.56 Å². The van der Waals surface area contributed by atoms with Gasteiger partial charge in [0.2, 0.25) is 0 Å². The van der Waals surface area contributed by atoms with E-state index in [1.54, 1.807) is 6.20 Å². The molecule has 0 saturated carbocycles. The van der Waals surface area contributed by atoms with Crippen molar-refractivity contribution in [3.05, 3.63) is 95.8 Å². The molecule has 1 aliphatic rings. The highest BCUT2D eigenvalue weighted by atomic mass is 16.2. The summed E-state index contributed by atoms with van der Waals surface area (Å²) in [5, 5.41) is 5.59. The summed E-state index contributed by atoms with van der Waals surface area (Å²) in [5.41, 5.74) is 4.40.